The highest BCUT2D eigenvalue weighted by molar-refractivity contribution is 5.43. The summed E-state index contributed by atoms with van der Waals surface area (Å²) in [7, 11) is 0. The van der Waals surface area contributed by atoms with E-state index in [0.717, 1.165) is 0 Å². The Bertz CT molecular complexity index is 754. The Morgan fingerprint density at radius 2 is 1.03 bits per heavy atom. The van der Waals surface area contributed by atoms with E-state index in [0.29, 0.717) is 6.42 Å². The molecule has 0 heterocycles. The lowest BCUT2D eigenvalue weighted by Gasteiger charge is -2.32. The molecule has 0 saturated carbocycles. The second-order valence-corrected chi connectivity index (χ2v) is 6.51. The fourth-order valence-corrected chi connectivity index (χ4v) is 2.23. The Morgan fingerprint density at radius 1 is 0.633 bits per heavy atom. The highest BCUT2D eigenvalue weighted by Crippen LogP contribution is 2.55. The Balaban J connectivity index is 3.82. The molecular formula is C16H11F14. The van der Waals surface area contributed by atoms with Crippen molar-refractivity contribution in [3.8, 4) is 0 Å². The van der Waals surface area contributed by atoms with Crippen LogP contribution in [0.1, 0.15) is 30.5 Å². The van der Waals surface area contributed by atoms with Crippen LogP contribution in [0.25, 0.3) is 0 Å². The summed E-state index contributed by atoms with van der Waals surface area (Å²) in [5.74, 6) is -27.1. The quantitative estimate of drug-likeness (QED) is 0.379. The minimum absolute atomic E-state index is 0.0331. The minimum atomic E-state index is -6.90. The lowest BCUT2D eigenvalue weighted by molar-refractivity contribution is -0.361. The molecule has 0 aromatic heterocycles. The summed E-state index contributed by atoms with van der Waals surface area (Å²) in [6, 6.07) is -1.07. The predicted octanol–water partition coefficient (Wildman–Crippen LogP) is 7.47. The zero-order chi connectivity index (χ0) is 24.1. The lowest BCUT2D eigenvalue weighted by atomic mass is 9.88. The number of benzene rings is 1. The lowest BCUT2D eigenvalue weighted by Crippen LogP contribution is -2.51. The number of hydrogen-bond acceptors (Lipinski definition) is 0. The smallest absolute Gasteiger partial charge is 0.194 e. The average Bonchev–Trinajstić information content (AvgIpc) is 2.51. The van der Waals surface area contributed by atoms with Crippen molar-refractivity contribution in [1.29, 1.82) is 0 Å². The molecule has 1 radical (unpaired) electrons. The van der Waals surface area contributed by atoms with E-state index in [1.165, 1.54) is 13.8 Å². The van der Waals surface area contributed by atoms with Crippen molar-refractivity contribution in [3.63, 3.8) is 0 Å². The van der Waals surface area contributed by atoms with Crippen LogP contribution < -0.4 is 0 Å². The largest absolute Gasteiger partial charge is 0.460 e. The van der Waals surface area contributed by atoms with Gasteiger partial charge in [0.2, 0.25) is 0 Å². The zero-order valence-electron chi connectivity index (χ0n) is 14.7. The summed E-state index contributed by atoms with van der Waals surface area (Å²) in [5.41, 5.74) is -6.21. The van der Waals surface area contributed by atoms with Gasteiger partial charge in [0.05, 0.1) is 0 Å². The van der Waals surface area contributed by atoms with Crippen LogP contribution in [0.2, 0.25) is 0 Å². The van der Waals surface area contributed by atoms with Crippen molar-refractivity contribution < 1.29 is 61.5 Å². The van der Waals surface area contributed by atoms with Crippen LogP contribution in [0.3, 0.4) is 0 Å². The van der Waals surface area contributed by atoms with Gasteiger partial charge in [-0.1, -0.05) is 26.0 Å². The Kier molecular flexibility index (Phi) is 6.51. The molecule has 0 spiro atoms. The van der Waals surface area contributed by atoms with Gasteiger partial charge >= 0.3 is 36.0 Å². The van der Waals surface area contributed by atoms with Crippen molar-refractivity contribution in [2.24, 2.45) is 5.92 Å². The third kappa shape index (κ3) is 4.18. The first-order valence-corrected chi connectivity index (χ1v) is 7.66. The minimum Gasteiger partial charge on any atom is -0.194 e. The topological polar surface area (TPSA) is 0 Å². The number of alkyl halides is 14. The maximum atomic E-state index is 14.1. The highest BCUT2D eigenvalue weighted by atomic mass is 19.4. The molecule has 0 amide bonds. The Labute approximate surface area is 159 Å². The summed E-state index contributed by atoms with van der Waals surface area (Å²) in [6.45, 7) is 2.42. The van der Waals surface area contributed by atoms with Crippen molar-refractivity contribution in [3.05, 3.63) is 41.3 Å². The van der Waals surface area contributed by atoms with E-state index in [1.807, 2.05) is 0 Å². The van der Waals surface area contributed by atoms with E-state index in [2.05, 4.69) is 0 Å². The summed E-state index contributed by atoms with van der Waals surface area (Å²) >= 11 is 0. The van der Waals surface area contributed by atoms with Gasteiger partial charge in [0, 0.05) is 11.1 Å². The number of halogens is 14. The van der Waals surface area contributed by atoms with E-state index < -0.39 is 64.7 Å². The summed E-state index contributed by atoms with van der Waals surface area (Å²) in [5, 5.41) is 0. The first-order valence-electron chi connectivity index (χ1n) is 7.66. The molecule has 0 atom stereocenters. The molecule has 0 aliphatic rings. The van der Waals surface area contributed by atoms with Crippen LogP contribution in [-0.2, 0) is 11.8 Å². The zero-order valence-corrected chi connectivity index (χ0v) is 14.7. The third-order valence-electron chi connectivity index (χ3n) is 3.77. The summed E-state index contributed by atoms with van der Waals surface area (Å²) in [6.07, 6.45) is -13.2. The molecule has 173 valence electrons. The molecule has 30 heavy (non-hydrogen) atoms. The first-order chi connectivity index (χ1) is 13.0. The fourth-order valence-electron chi connectivity index (χ4n) is 2.23. The van der Waals surface area contributed by atoms with Crippen LogP contribution in [0, 0.1) is 12.3 Å². The van der Waals surface area contributed by atoms with Crippen LogP contribution in [-0.4, -0.2) is 24.2 Å². The molecule has 1 rings (SSSR count). The van der Waals surface area contributed by atoms with Gasteiger partial charge in [0.1, 0.15) is 0 Å². The second kappa shape index (κ2) is 7.43. The fraction of sp³-hybridized carbons (Fsp3) is 0.562. The van der Waals surface area contributed by atoms with Crippen molar-refractivity contribution in [2.45, 2.75) is 49.9 Å². The van der Waals surface area contributed by atoms with Crippen LogP contribution in [0.4, 0.5) is 61.5 Å². The van der Waals surface area contributed by atoms with Crippen LogP contribution >= 0.6 is 0 Å². The van der Waals surface area contributed by atoms with Gasteiger partial charge in [0.15, 0.2) is 0 Å². The predicted molar refractivity (Wildman–Crippen MR) is 74.5 cm³/mol. The maximum absolute atomic E-state index is 14.1. The standard InChI is InChI=1S/C16H11F14/c1-7(2)5-8-3-4-9(11(17,18)13(21,22)15(25,26)27)6-10(8)12(19,20)14(23,24)16(28,29)30/h3-7H,1-2H3. The normalized spacial score (nSPS) is 15.1. The number of hydrogen-bond donors (Lipinski definition) is 0. The van der Waals surface area contributed by atoms with E-state index in [1.54, 1.807) is 0 Å². The first kappa shape index (κ1) is 26.3. The third-order valence-corrected chi connectivity index (χ3v) is 3.77. The molecule has 0 unspecified atom stereocenters. The average molecular weight is 469 g/mol. The molecule has 0 aliphatic carbocycles. The van der Waals surface area contributed by atoms with Gasteiger partial charge in [-0.05, 0) is 24.0 Å². The molecule has 0 fully saturated rings. The van der Waals surface area contributed by atoms with Gasteiger partial charge in [0.25, 0.3) is 0 Å². The molecule has 1 aromatic rings. The van der Waals surface area contributed by atoms with Crippen LogP contribution in [0.5, 0.6) is 0 Å². The van der Waals surface area contributed by atoms with E-state index in [9.17, 15) is 61.5 Å². The molecule has 0 bridgehead atoms. The van der Waals surface area contributed by atoms with Gasteiger partial charge in [-0.25, -0.2) is 0 Å². The molecule has 0 N–H and O–H groups in total. The Morgan fingerprint density at radius 3 is 1.40 bits per heavy atom. The van der Waals surface area contributed by atoms with E-state index in [4.69, 9.17) is 0 Å². The Hall–Kier alpha value is -1.76. The summed E-state index contributed by atoms with van der Waals surface area (Å²) in [4.78, 5) is 0. The van der Waals surface area contributed by atoms with E-state index in [-0.39, 0.29) is 12.1 Å². The second-order valence-electron chi connectivity index (χ2n) is 6.51. The van der Waals surface area contributed by atoms with E-state index >= 15 is 0 Å². The molecular weight excluding hydrogens is 458 g/mol. The molecule has 0 nitrogen and oxygen atoms in total. The maximum Gasteiger partial charge on any atom is 0.460 e. The van der Waals surface area contributed by atoms with Crippen molar-refractivity contribution in [1.82, 2.24) is 0 Å². The van der Waals surface area contributed by atoms with Gasteiger partial charge in [-0.2, -0.15) is 61.5 Å². The van der Waals surface area contributed by atoms with Gasteiger partial charge < -0.3 is 0 Å². The molecule has 14 heteroatoms. The highest BCUT2D eigenvalue weighted by Gasteiger charge is 2.75. The van der Waals surface area contributed by atoms with Gasteiger partial charge in [-0.15, -0.1) is 0 Å². The monoisotopic (exact) mass is 469 g/mol. The molecule has 0 aliphatic heterocycles. The van der Waals surface area contributed by atoms with Crippen molar-refractivity contribution >= 4 is 0 Å². The molecule has 1 aromatic carbocycles. The SMILES string of the molecule is CC(C)[CH]c1ccc(C(F)(F)C(F)(F)C(F)(F)F)cc1C(F)(F)C(F)(F)C(F)(F)F. The number of rotatable bonds is 6. The van der Waals surface area contributed by atoms with Gasteiger partial charge in [-0.3, -0.25) is 0 Å². The van der Waals surface area contributed by atoms with Crippen LogP contribution in [0.15, 0.2) is 18.2 Å². The molecule has 0 saturated heterocycles. The van der Waals surface area contributed by atoms with Crippen molar-refractivity contribution in [2.75, 3.05) is 0 Å². The summed E-state index contributed by atoms with van der Waals surface area (Å²) < 4.78 is 183.